The van der Waals surface area contributed by atoms with E-state index in [4.69, 9.17) is 5.14 Å². The molecule has 0 atom stereocenters. The molecule has 2 heterocycles. The van der Waals surface area contributed by atoms with Crippen molar-refractivity contribution in [1.29, 1.82) is 0 Å². The van der Waals surface area contributed by atoms with E-state index < -0.39 is 10.0 Å². The molecule has 106 valence electrons. The maximum absolute atomic E-state index is 11.3. The highest BCUT2D eigenvalue weighted by molar-refractivity contribution is 7.89. The Labute approximate surface area is 127 Å². The SMILES string of the molecule is NS(=O)(=O)c1ccc(-c2cscc2-c2cccnc2)cc1. The Hall–Kier alpha value is -2.02. The van der Waals surface area contributed by atoms with Gasteiger partial charge < -0.3 is 0 Å². The van der Waals surface area contributed by atoms with Gasteiger partial charge >= 0.3 is 0 Å². The number of hydrogen-bond acceptors (Lipinski definition) is 4. The molecule has 1 aromatic carbocycles. The molecule has 0 radical (unpaired) electrons. The third-order valence-electron chi connectivity index (χ3n) is 3.13. The fourth-order valence-corrected chi connectivity index (χ4v) is 3.47. The first-order chi connectivity index (χ1) is 10.1. The Bertz CT molecular complexity index is 854. The Morgan fingerprint density at radius 1 is 0.952 bits per heavy atom. The lowest BCUT2D eigenvalue weighted by atomic mass is 10.0. The van der Waals surface area contributed by atoms with E-state index in [1.807, 2.05) is 23.7 Å². The molecule has 21 heavy (non-hydrogen) atoms. The number of pyridine rings is 1. The van der Waals surface area contributed by atoms with E-state index in [-0.39, 0.29) is 4.90 Å². The highest BCUT2D eigenvalue weighted by atomic mass is 32.2. The molecular formula is C15H12N2O2S2. The lowest BCUT2D eigenvalue weighted by molar-refractivity contribution is 0.598. The van der Waals surface area contributed by atoms with Crippen LogP contribution >= 0.6 is 11.3 Å². The van der Waals surface area contributed by atoms with Crippen LogP contribution in [0.2, 0.25) is 0 Å². The molecule has 0 spiro atoms. The zero-order valence-electron chi connectivity index (χ0n) is 10.9. The van der Waals surface area contributed by atoms with Crippen molar-refractivity contribution >= 4 is 21.4 Å². The smallest absolute Gasteiger partial charge is 0.238 e. The summed E-state index contributed by atoms with van der Waals surface area (Å²) in [5, 5.41) is 9.20. The molecule has 0 aliphatic carbocycles. The zero-order valence-corrected chi connectivity index (χ0v) is 12.6. The predicted molar refractivity (Wildman–Crippen MR) is 84.4 cm³/mol. The number of nitrogens with two attached hydrogens (primary N) is 1. The molecule has 0 unspecified atom stereocenters. The van der Waals surface area contributed by atoms with Gasteiger partial charge in [0.05, 0.1) is 4.90 Å². The van der Waals surface area contributed by atoms with Crippen molar-refractivity contribution in [2.24, 2.45) is 5.14 Å². The minimum absolute atomic E-state index is 0.115. The van der Waals surface area contributed by atoms with Crippen LogP contribution in [-0.2, 0) is 10.0 Å². The maximum atomic E-state index is 11.3. The van der Waals surface area contributed by atoms with Crippen LogP contribution in [0.5, 0.6) is 0 Å². The second kappa shape index (κ2) is 5.40. The van der Waals surface area contributed by atoms with Gasteiger partial charge in [0, 0.05) is 29.1 Å². The highest BCUT2D eigenvalue weighted by Crippen LogP contribution is 2.35. The molecule has 6 heteroatoms. The first kappa shape index (κ1) is 13.9. The van der Waals surface area contributed by atoms with Gasteiger partial charge in [0.1, 0.15) is 0 Å². The largest absolute Gasteiger partial charge is 0.264 e. The van der Waals surface area contributed by atoms with E-state index in [1.165, 1.54) is 12.1 Å². The number of primary sulfonamides is 1. The third kappa shape index (κ3) is 2.87. The number of aromatic nitrogens is 1. The van der Waals surface area contributed by atoms with E-state index in [0.717, 1.165) is 22.3 Å². The standard InChI is InChI=1S/C15H12N2O2S2/c16-21(18,19)13-5-3-11(4-6-13)14-9-20-10-15(14)12-2-1-7-17-8-12/h1-10H,(H2,16,18,19). The van der Waals surface area contributed by atoms with Crippen LogP contribution in [0.4, 0.5) is 0 Å². The van der Waals surface area contributed by atoms with Gasteiger partial charge in [0.15, 0.2) is 0 Å². The van der Waals surface area contributed by atoms with Crippen molar-refractivity contribution in [3.63, 3.8) is 0 Å². The van der Waals surface area contributed by atoms with Crippen molar-refractivity contribution in [3.05, 3.63) is 59.6 Å². The van der Waals surface area contributed by atoms with Crippen LogP contribution < -0.4 is 5.14 Å². The van der Waals surface area contributed by atoms with Crippen molar-refractivity contribution < 1.29 is 8.42 Å². The molecule has 0 amide bonds. The molecular weight excluding hydrogens is 304 g/mol. The Kier molecular flexibility index (Phi) is 3.59. The summed E-state index contributed by atoms with van der Waals surface area (Å²) in [4.78, 5) is 4.25. The predicted octanol–water partition coefficient (Wildman–Crippen LogP) is 3.12. The van der Waals surface area contributed by atoms with Gasteiger partial charge in [-0.05, 0) is 34.5 Å². The summed E-state index contributed by atoms with van der Waals surface area (Å²) in [6.07, 6.45) is 3.54. The first-order valence-electron chi connectivity index (χ1n) is 6.15. The Balaban J connectivity index is 2.05. The molecule has 0 fully saturated rings. The molecule has 3 rings (SSSR count). The van der Waals surface area contributed by atoms with Gasteiger partial charge in [-0.2, -0.15) is 11.3 Å². The average molecular weight is 316 g/mol. The highest BCUT2D eigenvalue weighted by Gasteiger charge is 2.11. The Morgan fingerprint density at radius 3 is 2.19 bits per heavy atom. The van der Waals surface area contributed by atoms with Crippen LogP contribution in [0.1, 0.15) is 0 Å². The van der Waals surface area contributed by atoms with Crippen molar-refractivity contribution in [3.8, 4) is 22.3 Å². The summed E-state index contributed by atoms with van der Waals surface area (Å²) < 4.78 is 22.6. The molecule has 2 aromatic heterocycles. The normalized spacial score (nSPS) is 11.5. The van der Waals surface area contributed by atoms with Gasteiger partial charge in [-0.3, -0.25) is 4.98 Å². The summed E-state index contributed by atoms with van der Waals surface area (Å²) >= 11 is 1.59. The number of benzene rings is 1. The Morgan fingerprint density at radius 2 is 1.62 bits per heavy atom. The minimum atomic E-state index is -3.66. The van der Waals surface area contributed by atoms with Crippen LogP contribution in [0.15, 0.2) is 64.4 Å². The minimum Gasteiger partial charge on any atom is -0.264 e. The molecule has 2 N–H and O–H groups in total. The van der Waals surface area contributed by atoms with E-state index in [9.17, 15) is 8.42 Å². The van der Waals surface area contributed by atoms with Crippen molar-refractivity contribution in [2.75, 3.05) is 0 Å². The molecule has 0 aliphatic rings. The molecule has 0 aliphatic heterocycles. The second-order valence-corrected chi connectivity index (χ2v) is 6.82. The van der Waals surface area contributed by atoms with Crippen LogP contribution in [0.3, 0.4) is 0 Å². The van der Waals surface area contributed by atoms with Gasteiger partial charge in [-0.25, -0.2) is 13.6 Å². The lowest BCUT2D eigenvalue weighted by Crippen LogP contribution is -2.11. The van der Waals surface area contributed by atoms with Crippen LogP contribution in [-0.4, -0.2) is 13.4 Å². The molecule has 3 aromatic rings. The van der Waals surface area contributed by atoms with E-state index in [1.54, 1.807) is 29.7 Å². The van der Waals surface area contributed by atoms with Crippen LogP contribution in [0.25, 0.3) is 22.3 Å². The fraction of sp³-hybridized carbons (Fsp3) is 0. The quantitative estimate of drug-likeness (QED) is 0.807. The fourth-order valence-electron chi connectivity index (χ4n) is 2.09. The number of rotatable bonds is 3. The average Bonchev–Trinajstić information content (AvgIpc) is 2.97. The van der Waals surface area contributed by atoms with Crippen molar-refractivity contribution in [2.45, 2.75) is 4.90 Å². The van der Waals surface area contributed by atoms with E-state index in [2.05, 4.69) is 10.4 Å². The maximum Gasteiger partial charge on any atom is 0.238 e. The zero-order chi connectivity index (χ0) is 14.9. The summed E-state index contributed by atoms with van der Waals surface area (Å²) in [7, 11) is -3.66. The monoisotopic (exact) mass is 316 g/mol. The van der Waals surface area contributed by atoms with Crippen molar-refractivity contribution in [1.82, 2.24) is 4.98 Å². The van der Waals surface area contributed by atoms with Gasteiger partial charge in [-0.15, -0.1) is 0 Å². The lowest BCUT2D eigenvalue weighted by Gasteiger charge is -2.05. The van der Waals surface area contributed by atoms with Gasteiger partial charge in [0.25, 0.3) is 0 Å². The molecule has 0 saturated heterocycles. The molecule has 4 nitrogen and oxygen atoms in total. The third-order valence-corrected chi connectivity index (χ3v) is 4.80. The summed E-state index contributed by atoms with van der Waals surface area (Å²) in [6.45, 7) is 0. The number of sulfonamides is 1. The second-order valence-electron chi connectivity index (χ2n) is 4.51. The summed E-state index contributed by atoms with van der Waals surface area (Å²) in [5.41, 5.74) is 4.11. The summed E-state index contributed by atoms with van der Waals surface area (Å²) in [5.74, 6) is 0. The molecule has 0 saturated carbocycles. The van der Waals surface area contributed by atoms with E-state index in [0.29, 0.717) is 0 Å². The topological polar surface area (TPSA) is 73.1 Å². The first-order valence-corrected chi connectivity index (χ1v) is 8.64. The molecule has 0 bridgehead atoms. The van der Waals surface area contributed by atoms with Crippen LogP contribution in [0, 0.1) is 0 Å². The number of nitrogens with zero attached hydrogens (tertiary/aromatic N) is 1. The summed E-state index contributed by atoms with van der Waals surface area (Å²) in [6, 6.07) is 10.5. The number of hydrogen-bond donors (Lipinski definition) is 1. The van der Waals surface area contributed by atoms with Gasteiger partial charge in [0.2, 0.25) is 10.0 Å². The number of thiophene rings is 1. The van der Waals surface area contributed by atoms with Gasteiger partial charge in [-0.1, -0.05) is 18.2 Å². The van der Waals surface area contributed by atoms with E-state index >= 15 is 0 Å².